The molecule has 2 aliphatic rings. The lowest BCUT2D eigenvalue weighted by atomic mass is 9.93. The topological polar surface area (TPSA) is 55.3 Å². The first-order chi connectivity index (χ1) is 12.3. The van der Waals surface area contributed by atoms with Crippen LogP contribution in [0.4, 0.5) is 0 Å². The molecular weight excluding hydrogens is 314 g/mol. The van der Waals surface area contributed by atoms with Crippen molar-refractivity contribution < 1.29 is 9.53 Å². The highest BCUT2D eigenvalue weighted by Crippen LogP contribution is 2.28. The van der Waals surface area contributed by atoms with E-state index in [1.165, 1.54) is 12.0 Å². The van der Waals surface area contributed by atoms with Gasteiger partial charge in [0.2, 0.25) is 0 Å². The predicted molar refractivity (Wildman–Crippen MR) is 94.6 cm³/mol. The van der Waals surface area contributed by atoms with Crippen molar-refractivity contribution in [1.29, 1.82) is 0 Å². The Hall–Kier alpha value is -2.43. The van der Waals surface area contributed by atoms with Crippen LogP contribution in [0.25, 0.3) is 0 Å². The van der Waals surface area contributed by atoms with E-state index in [-0.39, 0.29) is 5.91 Å². The molecule has 130 valence electrons. The lowest BCUT2D eigenvalue weighted by Gasteiger charge is -2.26. The molecular formula is C20H23N3O2. The van der Waals surface area contributed by atoms with Crippen molar-refractivity contribution >= 4 is 5.91 Å². The van der Waals surface area contributed by atoms with Crippen LogP contribution >= 0.6 is 0 Å². The van der Waals surface area contributed by atoms with Gasteiger partial charge in [-0.05, 0) is 43.7 Å². The third kappa shape index (κ3) is 3.65. The van der Waals surface area contributed by atoms with Gasteiger partial charge in [0, 0.05) is 25.2 Å². The molecule has 2 aromatic rings. The number of likely N-dealkylation sites (tertiary alicyclic amines) is 1. The summed E-state index contributed by atoms with van der Waals surface area (Å²) < 4.78 is 5.86. The Morgan fingerprint density at radius 2 is 2.00 bits per heavy atom. The maximum absolute atomic E-state index is 12.6. The highest BCUT2D eigenvalue weighted by atomic mass is 16.5. The van der Waals surface area contributed by atoms with Crippen LogP contribution in [-0.4, -0.2) is 40.5 Å². The molecule has 0 bridgehead atoms. The predicted octanol–water partition coefficient (Wildman–Crippen LogP) is 2.90. The molecule has 1 fully saturated rings. The maximum Gasteiger partial charge on any atom is 0.274 e. The molecule has 1 atom stereocenters. The zero-order valence-electron chi connectivity index (χ0n) is 14.4. The molecule has 1 aromatic heterocycles. The molecule has 3 heterocycles. The molecule has 1 aromatic carbocycles. The van der Waals surface area contributed by atoms with E-state index in [0.717, 1.165) is 50.2 Å². The van der Waals surface area contributed by atoms with Crippen molar-refractivity contribution in [2.24, 2.45) is 5.92 Å². The smallest absolute Gasteiger partial charge is 0.274 e. The zero-order chi connectivity index (χ0) is 17.1. The Balaban J connectivity index is 1.44. The molecule has 0 N–H and O–H groups in total. The van der Waals surface area contributed by atoms with Crippen LogP contribution in [0.1, 0.15) is 41.0 Å². The van der Waals surface area contributed by atoms with Gasteiger partial charge in [0.1, 0.15) is 11.4 Å². The summed E-state index contributed by atoms with van der Waals surface area (Å²) in [6.45, 7) is 2.35. The van der Waals surface area contributed by atoms with Crippen LogP contribution in [0.5, 0.6) is 5.75 Å². The number of aromatic nitrogens is 2. The summed E-state index contributed by atoms with van der Waals surface area (Å²) in [7, 11) is 0. The molecule has 25 heavy (non-hydrogen) atoms. The monoisotopic (exact) mass is 337 g/mol. The third-order valence-electron chi connectivity index (χ3n) is 5.00. The number of rotatable bonds is 3. The Labute approximate surface area is 148 Å². The second-order valence-electron chi connectivity index (χ2n) is 6.94. The fourth-order valence-electron chi connectivity index (χ4n) is 3.68. The largest absolute Gasteiger partial charge is 0.493 e. The highest BCUT2D eigenvalue weighted by molar-refractivity contribution is 5.92. The highest BCUT2D eigenvalue weighted by Gasteiger charge is 2.23. The SMILES string of the molecule is O=C(c1cncc(C[C@@H]2COc3ccccc3C2)n1)N1CCCCC1. The van der Waals surface area contributed by atoms with Gasteiger partial charge in [-0.1, -0.05) is 18.2 Å². The molecule has 0 unspecified atom stereocenters. The molecule has 1 amide bonds. The first-order valence-electron chi connectivity index (χ1n) is 9.10. The average Bonchev–Trinajstić information content (AvgIpc) is 2.68. The minimum Gasteiger partial charge on any atom is -0.493 e. The van der Waals surface area contributed by atoms with E-state index in [9.17, 15) is 4.79 Å². The summed E-state index contributed by atoms with van der Waals surface area (Å²) in [4.78, 5) is 23.4. The molecule has 0 aliphatic carbocycles. The molecule has 1 saturated heterocycles. The summed E-state index contributed by atoms with van der Waals surface area (Å²) in [5, 5.41) is 0. The van der Waals surface area contributed by atoms with Gasteiger partial charge in [-0.3, -0.25) is 9.78 Å². The Morgan fingerprint density at radius 1 is 1.16 bits per heavy atom. The van der Waals surface area contributed by atoms with E-state index in [4.69, 9.17) is 4.74 Å². The number of carbonyl (C=O) groups excluding carboxylic acids is 1. The number of hydrogen-bond donors (Lipinski definition) is 0. The number of ether oxygens (including phenoxy) is 1. The van der Waals surface area contributed by atoms with Crippen LogP contribution in [-0.2, 0) is 12.8 Å². The zero-order valence-corrected chi connectivity index (χ0v) is 14.4. The van der Waals surface area contributed by atoms with Crippen molar-refractivity contribution in [2.45, 2.75) is 32.1 Å². The maximum atomic E-state index is 12.6. The summed E-state index contributed by atoms with van der Waals surface area (Å²) in [6.07, 6.45) is 8.49. The standard InChI is InChI=1S/C20H23N3O2/c24-20(23-8-4-1-5-9-23)18-13-21-12-17(22-18)11-15-10-16-6-2-3-7-19(16)25-14-15/h2-3,6-7,12-13,15H,1,4-5,8-11,14H2/t15-/m1/s1. The summed E-state index contributed by atoms with van der Waals surface area (Å²) in [5.41, 5.74) is 2.58. The van der Waals surface area contributed by atoms with Gasteiger partial charge in [-0.25, -0.2) is 4.98 Å². The minimum absolute atomic E-state index is 0.0132. The van der Waals surface area contributed by atoms with Gasteiger partial charge in [0.15, 0.2) is 0 Å². The van der Waals surface area contributed by atoms with Crippen molar-refractivity contribution in [3.63, 3.8) is 0 Å². The van der Waals surface area contributed by atoms with E-state index in [2.05, 4.69) is 16.0 Å². The fourth-order valence-corrected chi connectivity index (χ4v) is 3.68. The van der Waals surface area contributed by atoms with E-state index in [0.29, 0.717) is 18.2 Å². The van der Waals surface area contributed by atoms with Crippen LogP contribution in [0, 0.1) is 5.92 Å². The van der Waals surface area contributed by atoms with Gasteiger partial charge >= 0.3 is 0 Å². The van der Waals surface area contributed by atoms with E-state index < -0.39 is 0 Å². The van der Waals surface area contributed by atoms with Crippen LogP contribution in [0.3, 0.4) is 0 Å². The molecule has 0 spiro atoms. The number of benzene rings is 1. The summed E-state index contributed by atoms with van der Waals surface area (Å²) >= 11 is 0. The van der Waals surface area contributed by atoms with Crippen molar-refractivity contribution in [1.82, 2.24) is 14.9 Å². The first-order valence-corrected chi connectivity index (χ1v) is 9.10. The van der Waals surface area contributed by atoms with Gasteiger partial charge in [0.05, 0.1) is 18.5 Å². The molecule has 0 radical (unpaired) electrons. The molecule has 0 saturated carbocycles. The Bertz CT molecular complexity index is 756. The second-order valence-corrected chi connectivity index (χ2v) is 6.94. The van der Waals surface area contributed by atoms with E-state index in [1.807, 2.05) is 23.1 Å². The molecule has 5 heteroatoms. The number of piperidine rings is 1. The first kappa shape index (κ1) is 16.1. The van der Waals surface area contributed by atoms with Crippen molar-refractivity contribution in [3.05, 3.63) is 53.6 Å². The Kier molecular flexibility index (Phi) is 4.63. The third-order valence-corrected chi connectivity index (χ3v) is 5.00. The molecule has 4 rings (SSSR count). The van der Waals surface area contributed by atoms with E-state index >= 15 is 0 Å². The number of nitrogens with zero attached hydrogens (tertiary/aromatic N) is 3. The van der Waals surface area contributed by atoms with Crippen molar-refractivity contribution in [2.75, 3.05) is 19.7 Å². The normalized spacial score (nSPS) is 19.8. The fraction of sp³-hybridized carbons (Fsp3) is 0.450. The molecule has 5 nitrogen and oxygen atoms in total. The number of para-hydroxylation sites is 1. The van der Waals surface area contributed by atoms with Gasteiger partial charge < -0.3 is 9.64 Å². The van der Waals surface area contributed by atoms with Crippen LogP contribution < -0.4 is 4.74 Å². The number of hydrogen-bond acceptors (Lipinski definition) is 4. The second kappa shape index (κ2) is 7.21. The lowest BCUT2D eigenvalue weighted by Crippen LogP contribution is -2.36. The van der Waals surface area contributed by atoms with Gasteiger partial charge in [-0.15, -0.1) is 0 Å². The number of carbonyl (C=O) groups is 1. The lowest BCUT2D eigenvalue weighted by molar-refractivity contribution is 0.0717. The Morgan fingerprint density at radius 3 is 2.88 bits per heavy atom. The minimum atomic E-state index is 0.0132. The van der Waals surface area contributed by atoms with Gasteiger partial charge in [-0.2, -0.15) is 0 Å². The number of fused-ring (bicyclic) bond motifs is 1. The number of amides is 1. The van der Waals surface area contributed by atoms with Gasteiger partial charge in [0.25, 0.3) is 5.91 Å². The summed E-state index contributed by atoms with van der Waals surface area (Å²) in [5.74, 6) is 1.36. The van der Waals surface area contributed by atoms with Crippen LogP contribution in [0.2, 0.25) is 0 Å². The average molecular weight is 337 g/mol. The van der Waals surface area contributed by atoms with Crippen molar-refractivity contribution in [3.8, 4) is 5.75 Å². The quantitative estimate of drug-likeness (QED) is 0.864. The molecule has 2 aliphatic heterocycles. The van der Waals surface area contributed by atoms with E-state index in [1.54, 1.807) is 12.4 Å². The van der Waals surface area contributed by atoms with Crippen LogP contribution in [0.15, 0.2) is 36.7 Å². The summed E-state index contributed by atoms with van der Waals surface area (Å²) in [6, 6.07) is 8.18.